The fourth-order valence-electron chi connectivity index (χ4n) is 3.88. The number of carbonyl (C=O) groups excluding carboxylic acids is 3. The smallest absolute Gasteiger partial charge is 0.294 e. The first kappa shape index (κ1) is 22.6. The summed E-state index contributed by atoms with van der Waals surface area (Å²) in [5.74, 6) is -0.870. The lowest BCUT2D eigenvalue weighted by Crippen LogP contribution is -2.36. The van der Waals surface area contributed by atoms with Gasteiger partial charge in [0, 0.05) is 22.8 Å². The van der Waals surface area contributed by atoms with E-state index in [1.165, 1.54) is 0 Å². The van der Waals surface area contributed by atoms with Gasteiger partial charge in [-0.05, 0) is 80.9 Å². The first-order chi connectivity index (χ1) is 15.7. The van der Waals surface area contributed by atoms with Crippen molar-refractivity contribution in [1.29, 1.82) is 0 Å². The predicted octanol–water partition coefficient (Wildman–Crippen LogP) is 5.39. The van der Waals surface area contributed by atoms with Crippen LogP contribution in [0, 0.1) is 27.7 Å². The maximum Gasteiger partial charge on any atom is 0.294 e. The topological polar surface area (TPSA) is 71.4 Å². The molecule has 0 radical (unpaired) electrons. The van der Waals surface area contributed by atoms with Crippen molar-refractivity contribution in [2.24, 2.45) is 0 Å². The van der Waals surface area contributed by atoms with E-state index in [2.05, 4.69) is 28.9 Å². The van der Waals surface area contributed by atoms with Gasteiger partial charge in [0.2, 0.25) is 5.91 Å². The number of nitrogens with one attached hydrogen (secondary N) is 1. The van der Waals surface area contributed by atoms with E-state index < -0.39 is 17.1 Å². The zero-order chi connectivity index (χ0) is 23.7. The first-order valence-corrected chi connectivity index (χ1v) is 11.4. The molecule has 0 spiro atoms. The summed E-state index contributed by atoms with van der Waals surface area (Å²) in [5.41, 5.74) is 6.79. The molecule has 168 valence electrons. The summed E-state index contributed by atoms with van der Waals surface area (Å²) in [6.07, 6.45) is 1.74. The third-order valence-corrected chi connectivity index (χ3v) is 6.53. The van der Waals surface area contributed by atoms with Gasteiger partial charge in [0.25, 0.3) is 11.1 Å². The van der Waals surface area contributed by atoms with Crippen LogP contribution in [0.25, 0.3) is 11.8 Å². The van der Waals surface area contributed by atoms with Crippen LogP contribution in [0.15, 0.2) is 59.5 Å². The number of rotatable bonds is 5. The number of hydrogen-bond donors (Lipinski definition) is 1. The molecule has 0 unspecified atom stereocenters. The Kier molecular flexibility index (Phi) is 6.24. The van der Waals surface area contributed by atoms with E-state index in [1.807, 2.05) is 51.1 Å². The first-order valence-electron chi connectivity index (χ1n) is 10.6. The average molecular weight is 460 g/mol. The third-order valence-electron chi connectivity index (χ3n) is 5.62. The third kappa shape index (κ3) is 4.64. The summed E-state index contributed by atoms with van der Waals surface area (Å²) in [6, 6.07) is 17.4. The molecule has 2 heterocycles. The van der Waals surface area contributed by atoms with Crippen LogP contribution in [0.3, 0.4) is 0 Å². The number of aryl methyl sites for hydroxylation is 3. The van der Waals surface area contributed by atoms with Crippen LogP contribution < -0.4 is 5.32 Å². The van der Waals surface area contributed by atoms with E-state index >= 15 is 0 Å². The molecule has 1 saturated heterocycles. The van der Waals surface area contributed by atoms with Crippen LogP contribution >= 0.6 is 11.8 Å². The van der Waals surface area contributed by atoms with Crippen molar-refractivity contribution in [3.05, 3.63) is 87.6 Å². The fraction of sp³-hybridized carbons (Fsp3) is 0.192. The van der Waals surface area contributed by atoms with Gasteiger partial charge in [-0.25, -0.2) is 0 Å². The van der Waals surface area contributed by atoms with Crippen LogP contribution in [0.1, 0.15) is 28.1 Å². The second-order valence-electron chi connectivity index (χ2n) is 8.13. The van der Waals surface area contributed by atoms with Gasteiger partial charge in [-0.1, -0.05) is 35.9 Å². The number of aromatic nitrogens is 1. The molecule has 33 heavy (non-hydrogen) atoms. The van der Waals surface area contributed by atoms with Gasteiger partial charge >= 0.3 is 0 Å². The molecule has 1 aliphatic rings. The molecule has 0 saturated carbocycles. The highest BCUT2D eigenvalue weighted by molar-refractivity contribution is 8.18. The monoisotopic (exact) mass is 459 g/mol. The van der Waals surface area contributed by atoms with Gasteiger partial charge in [0.15, 0.2) is 0 Å². The van der Waals surface area contributed by atoms with Crippen LogP contribution in [0.4, 0.5) is 10.5 Å². The molecule has 0 aliphatic carbocycles. The molecule has 4 rings (SSSR count). The second-order valence-corrected chi connectivity index (χ2v) is 9.12. The normalized spacial score (nSPS) is 14.9. The number of hydrogen-bond acceptors (Lipinski definition) is 4. The predicted molar refractivity (Wildman–Crippen MR) is 132 cm³/mol. The van der Waals surface area contributed by atoms with Gasteiger partial charge in [-0.3, -0.25) is 19.3 Å². The van der Waals surface area contributed by atoms with Gasteiger partial charge in [-0.15, -0.1) is 0 Å². The van der Waals surface area contributed by atoms with Crippen LogP contribution in [-0.2, 0) is 9.59 Å². The van der Waals surface area contributed by atoms with Gasteiger partial charge in [-0.2, -0.15) is 0 Å². The maximum absolute atomic E-state index is 12.9. The number of amides is 3. The van der Waals surface area contributed by atoms with E-state index in [0.29, 0.717) is 10.6 Å². The number of nitrogens with zero attached hydrogens (tertiary/aromatic N) is 2. The number of carbonyl (C=O) groups is 3. The molecule has 3 amide bonds. The molecule has 0 atom stereocenters. The molecular formula is C26H25N3O3S. The number of imide groups is 1. The van der Waals surface area contributed by atoms with Gasteiger partial charge < -0.3 is 9.88 Å². The molecule has 2 aromatic carbocycles. The summed E-state index contributed by atoms with van der Waals surface area (Å²) in [5, 5.41) is 2.28. The minimum Gasteiger partial charge on any atom is -0.325 e. The lowest BCUT2D eigenvalue weighted by molar-refractivity contribution is -0.127. The molecule has 1 fully saturated rings. The Bertz CT molecular complexity index is 1290. The molecule has 1 N–H and O–H groups in total. The quantitative estimate of drug-likeness (QED) is 0.520. The van der Waals surface area contributed by atoms with Gasteiger partial charge in [0.1, 0.15) is 6.54 Å². The molecular weight excluding hydrogens is 434 g/mol. The number of para-hydroxylation sites is 1. The summed E-state index contributed by atoms with van der Waals surface area (Å²) >= 11 is 0.859. The fourth-order valence-corrected chi connectivity index (χ4v) is 4.71. The zero-order valence-electron chi connectivity index (χ0n) is 19.0. The highest BCUT2D eigenvalue weighted by Crippen LogP contribution is 2.34. The lowest BCUT2D eigenvalue weighted by atomic mass is 10.2. The molecule has 6 nitrogen and oxygen atoms in total. The van der Waals surface area contributed by atoms with Crippen LogP contribution in [-0.4, -0.2) is 33.1 Å². The summed E-state index contributed by atoms with van der Waals surface area (Å²) < 4.78 is 2.14. The Balaban J connectivity index is 1.53. The van der Waals surface area contributed by atoms with Crippen molar-refractivity contribution in [2.45, 2.75) is 27.7 Å². The Morgan fingerprint density at radius 3 is 2.39 bits per heavy atom. The van der Waals surface area contributed by atoms with Crippen molar-refractivity contribution in [1.82, 2.24) is 9.47 Å². The van der Waals surface area contributed by atoms with E-state index in [4.69, 9.17) is 0 Å². The Labute approximate surface area is 197 Å². The largest absolute Gasteiger partial charge is 0.325 e. The number of benzene rings is 2. The van der Waals surface area contributed by atoms with Gasteiger partial charge in [0.05, 0.1) is 4.91 Å². The zero-order valence-corrected chi connectivity index (χ0v) is 19.8. The Morgan fingerprint density at radius 1 is 1.00 bits per heavy atom. The van der Waals surface area contributed by atoms with Crippen LogP contribution in [0.2, 0.25) is 0 Å². The number of thioether (sulfide) groups is 1. The number of anilines is 1. The van der Waals surface area contributed by atoms with Crippen molar-refractivity contribution >= 4 is 40.6 Å². The lowest BCUT2D eigenvalue weighted by Gasteiger charge is -2.13. The Morgan fingerprint density at radius 2 is 1.70 bits per heavy atom. The molecule has 7 heteroatoms. The summed E-state index contributed by atoms with van der Waals surface area (Å²) in [4.78, 5) is 39.1. The van der Waals surface area contributed by atoms with E-state index in [1.54, 1.807) is 18.2 Å². The van der Waals surface area contributed by atoms with Crippen LogP contribution in [0.5, 0.6) is 0 Å². The summed E-state index contributed by atoms with van der Waals surface area (Å²) in [7, 11) is 0. The minimum absolute atomic E-state index is 0.313. The van der Waals surface area contributed by atoms with Crippen molar-refractivity contribution in [3.63, 3.8) is 0 Å². The summed E-state index contributed by atoms with van der Waals surface area (Å²) in [6.45, 7) is 7.69. The van der Waals surface area contributed by atoms with Crippen molar-refractivity contribution in [2.75, 3.05) is 11.9 Å². The minimum atomic E-state index is -0.454. The molecule has 0 bridgehead atoms. The van der Waals surface area contributed by atoms with E-state index in [9.17, 15) is 14.4 Å². The average Bonchev–Trinajstić information content (AvgIpc) is 3.19. The molecule has 1 aliphatic heterocycles. The standard InChI is InChI=1S/C26H25N3O3S/c1-16-9-11-21(12-10-16)27-24(30)15-28-25(31)23(33-26(28)32)14-20-13-18(3)29(19(20)4)22-8-6-5-7-17(22)2/h5-14H,15H2,1-4H3,(H,27,30)/b23-14-. The van der Waals surface area contributed by atoms with Crippen molar-refractivity contribution < 1.29 is 14.4 Å². The highest BCUT2D eigenvalue weighted by atomic mass is 32.2. The second kappa shape index (κ2) is 9.11. The molecule has 1 aromatic heterocycles. The Hall–Kier alpha value is -3.58. The van der Waals surface area contributed by atoms with E-state index in [-0.39, 0.29) is 6.54 Å². The SMILES string of the molecule is Cc1ccc(NC(=O)CN2C(=O)S/C(=C\c3cc(C)n(-c4ccccc4C)c3C)C2=O)cc1. The highest BCUT2D eigenvalue weighted by Gasteiger charge is 2.36. The van der Waals surface area contributed by atoms with E-state index in [0.717, 1.165) is 50.4 Å². The maximum atomic E-state index is 12.9. The molecule has 3 aromatic rings. The van der Waals surface area contributed by atoms with Crippen molar-refractivity contribution in [3.8, 4) is 5.69 Å².